The lowest BCUT2D eigenvalue weighted by atomic mass is 10.2. The number of sulfonamides is 1. The second-order valence-corrected chi connectivity index (χ2v) is 8.71. The Balaban J connectivity index is 1.58. The van der Waals surface area contributed by atoms with Gasteiger partial charge in [-0.15, -0.1) is 0 Å². The molecule has 1 aliphatic heterocycles. The average Bonchev–Trinajstić information content (AvgIpc) is 3.27. The molecule has 116 valence electrons. The van der Waals surface area contributed by atoms with Crippen molar-refractivity contribution in [2.45, 2.75) is 24.6 Å². The normalized spacial score (nSPS) is 21.6. The van der Waals surface area contributed by atoms with Crippen LogP contribution in [0, 0.1) is 0 Å². The lowest BCUT2D eigenvalue weighted by molar-refractivity contribution is 0.181. The SMILES string of the molecule is O=S(=O)(C1CC1)N1CCN(Cc2ccc(Cl)cc2Cl)CC1. The third kappa shape index (κ3) is 3.54. The Morgan fingerprint density at radius 2 is 1.76 bits per heavy atom. The van der Waals surface area contributed by atoms with Crippen LogP contribution in [0.25, 0.3) is 0 Å². The maximum atomic E-state index is 12.2. The Hall–Kier alpha value is -0.330. The summed E-state index contributed by atoms with van der Waals surface area (Å²) in [5, 5.41) is 1.18. The van der Waals surface area contributed by atoms with Crippen molar-refractivity contribution in [2.75, 3.05) is 26.2 Å². The minimum absolute atomic E-state index is 0.116. The molecule has 1 heterocycles. The molecule has 4 nitrogen and oxygen atoms in total. The largest absolute Gasteiger partial charge is 0.296 e. The van der Waals surface area contributed by atoms with Gasteiger partial charge in [0.15, 0.2) is 0 Å². The second kappa shape index (κ2) is 6.05. The molecule has 1 aromatic carbocycles. The van der Waals surface area contributed by atoms with Crippen molar-refractivity contribution in [2.24, 2.45) is 0 Å². The van der Waals surface area contributed by atoms with Crippen LogP contribution >= 0.6 is 23.2 Å². The summed E-state index contributed by atoms with van der Waals surface area (Å²) in [6.07, 6.45) is 1.64. The van der Waals surface area contributed by atoms with E-state index in [-0.39, 0.29) is 5.25 Å². The van der Waals surface area contributed by atoms with Crippen LogP contribution < -0.4 is 0 Å². The van der Waals surface area contributed by atoms with Gasteiger partial charge in [-0.2, -0.15) is 4.31 Å². The van der Waals surface area contributed by atoms with Crippen LogP contribution in [0.3, 0.4) is 0 Å². The van der Waals surface area contributed by atoms with E-state index in [1.165, 1.54) is 0 Å². The fraction of sp³-hybridized carbons (Fsp3) is 0.571. The molecule has 0 spiro atoms. The van der Waals surface area contributed by atoms with E-state index in [1.807, 2.05) is 12.1 Å². The van der Waals surface area contributed by atoms with Crippen LogP contribution in [0.2, 0.25) is 10.0 Å². The molecular weight excluding hydrogens is 331 g/mol. The van der Waals surface area contributed by atoms with Crippen molar-refractivity contribution >= 4 is 33.2 Å². The molecule has 2 fully saturated rings. The first kappa shape index (κ1) is 15.6. The summed E-state index contributed by atoms with van der Waals surface area (Å²) in [6, 6.07) is 5.50. The minimum atomic E-state index is -3.04. The summed E-state index contributed by atoms with van der Waals surface area (Å²) in [6.45, 7) is 3.36. The molecule has 0 aromatic heterocycles. The lowest BCUT2D eigenvalue weighted by Gasteiger charge is -2.34. The van der Waals surface area contributed by atoms with E-state index in [9.17, 15) is 8.42 Å². The van der Waals surface area contributed by atoms with E-state index in [4.69, 9.17) is 23.2 Å². The first-order chi connectivity index (χ1) is 9.96. The fourth-order valence-electron chi connectivity index (χ4n) is 2.61. The van der Waals surface area contributed by atoms with E-state index in [1.54, 1.807) is 10.4 Å². The highest BCUT2D eigenvalue weighted by Crippen LogP contribution is 2.31. The molecule has 7 heteroatoms. The van der Waals surface area contributed by atoms with E-state index < -0.39 is 10.0 Å². The number of hydrogen-bond acceptors (Lipinski definition) is 3. The van der Waals surface area contributed by atoms with Gasteiger partial charge in [-0.25, -0.2) is 8.42 Å². The zero-order valence-electron chi connectivity index (χ0n) is 11.6. The van der Waals surface area contributed by atoms with Gasteiger partial charge in [-0.3, -0.25) is 4.90 Å². The number of hydrogen-bond donors (Lipinski definition) is 0. The average molecular weight is 349 g/mol. The zero-order chi connectivity index (χ0) is 15.0. The first-order valence-corrected chi connectivity index (χ1v) is 9.38. The lowest BCUT2D eigenvalue weighted by Crippen LogP contribution is -2.49. The van der Waals surface area contributed by atoms with Gasteiger partial charge in [0.2, 0.25) is 10.0 Å². The Kier molecular flexibility index (Phi) is 4.48. The van der Waals surface area contributed by atoms with Crippen LogP contribution in [-0.4, -0.2) is 49.1 Å². The van der Waals surface area contributed by atoms with Gasteiger partial charge in [0.05, 0.1) is 5.25 Å². The number of nitrogens with zero attached hydrogens (tertiary/aromatic N) is 2. The van der Waals surface area contributed by atoms with Crippen molar-refractivity contribution < 1.29 is 8.42 Å². The first-order valence-electron chi connectivity index (χ1n) is 7.12. The molecule has 1 aromatic rings. The van der Waals surface area contributed by atoms with Gasteiger partial charge in [0, 0.05) is 42.8 Å². The number of rotatable bonds is 4. The van der Waals surface area contributed by atoms with Gasteiger partial charge in [-0.05, 0) is 30.5 Å². The highest BCUT2D eigenvalue weighted by molar-refractivity contribution is 7.90. The fourth-order valence-corrected chi connectivity index (χ4v) is 4.90. The summed E-state index contributed by atoms with van der Waals surface area (Å²) in [5.41, 5.74) is 1.03. The Labute approximate surface area is 135 Å². The molecule has 0 unspecified atom stereocenters. The van der Waals surface area contributed by atoms with Gasteiger partial charge in [0.1, 0.15) is 0 Å². The van der Waals surface area contributed by atoms with Crippen LogP contribution in [0.4, 0.5) is 0 Å². The van der Waals surface area contributed by atoms with Crippen LogP contribution in [0.15, 0.2) is 18.2 Å². The molecule has 0 radical (unpaired) electrons. The molecule has 0 bridgehead atoms. The maximum Gasteiger partial charge on any atom is 0.217 e. The molecule has 3 rings (SSSR count). The van der Waals surface area contributed by atoms with Crippen molar-refractivity contribution in [3.05, 3.63) is 33.8 Å². The zero-order valence-corrected chi connectivity index (χ0v) is 14.0. The van der Waals surface area contributed by atoms with E-state index in [2.05, 4.69) is 4.90 Å². The third-order valence-electron chi connectivity index (χ3n) is 4.05. The van der Waals surface area contributed by atoms with Crippen molar-refractivity contribution in [3.63, 3.8) is 0 Å². The van der Waals surface area contributed by atoms with Gasteiger partial charge in [-0.1, -0.05) is 29.3 Å². The van der Waals surface area contributed by atoms with Crippen molar-refractivity contribution in [1.29, 1.82) is 0 Å². The molecule has 0 amide bonds. The second-order valence-electron chi connectivity index (χ2n) is 5.66. The van der Waals surface area contributed by atoms with Crippen LogP contribution in [0.5, 0.6) is 0 Å². The summed E-state index contributed by atoms with van der Waals surface area (Å²) in [4.78, 5) is 2.23. The molecule has 21 heavy (non-hydrogen) atoms. The summed E-state index contributed by atoms with van der Waals surface area (Å²) < 4.78 is 26.0. The predicted octanol–water partition coefficient (Wildman–Crippen LogP) is 2.60. The third-order valence-corrected chi connectivity index (χ3v) is 7.03. The van der Waals surface area contributed by atoms with Crippen molar-refractivity contribution in [3.8, 4) is 0 Å². The summed E-state index contributed by atoms with van der Waals surface area (Å²) in [7, 11) is -3.04. The van der Waals surface area contributed by atoms with Crippen LogP contribution in [0.1, 0.15) is 18.4 Å². The quantitative estimate of drug-likeness (QED) is 0.839. The Morgan fingerprint density at radius 3 is 2.33 bits per heavy atom. The molecule has 2 aliphatic rings. The van der Waals surface area contributed by atoms with Gasteiger partial charge < -0.3 is 0 Å². The van der Waals surface area contributed by atoms with Gasteiger partial charge >= 0.3 is 0 Å². The van der Waals surface area contributed by atoms with E-state index >= 15 is 0 Å². The molecule has 1 saturated carbocycles. The Morgan fingerprint density at radius 1 is 1.10 bits per heavy atom. The van der Waals surface area contributed by atoms with E-state index in [0.29, 0.717) is 23.1 Å². The molecular formula is C14H18Cl2N2O2S. The number of benzene rings is 1. The topological polar surface area (TPSA) is 40.6 Å². The standard InChI is InChI=1S/C14H18Cl2N2O2S/c15-12-2-1-11(14(16)9-12)10-17-5-7-18(8-6-17)21(19,20)13-3-4-13/h1-2,9,13H,3-8,10H2. The number of piperazine rings is 1. The monoisotopic (exact) mass is 348 g/mol. The minimum Gasteiger partial charge on any atom is -0.296 e. The summed E-state index contributed by atoms with van der Waals surface area (Å²) in [5.74, 6) is 0. The predicted molar refractivity (Wildman–Crippen MR) is 85.3 cm³/mol. The van der Waals surface area contributed by atoms with Gasteiger partial charge in [0.25, 0.3) is 0 Å². The molecule has 1 saturated heterocycles. The summed E-state index contributed by atoms with van der Waals surface area (Å²) >= 11 is 12.1. The smallest absolute Gasteiger partial charge is 0.217 e. The molecule has 1 aliphatic carbocycles. The highest BCUT2D eigenvalue weighted by Gasteiger charge is 2.40. The number of halogens is 2. The van der Waals surface area contributed by atoms with Crippen LogP contribution in [-0.2, 0) is 16.6 Å². The molecule has 0 N–H and O–H groups in total. The maximum absolute atomic E-state index is 12.2. The molecule has 0 atom stereocenters. The highest BCUT2D eigenvalue weighted by atomic mass is 35.5. The van der Waals surface area contributed by atoms with E-state index in [0.717, 1.165) is 38.0 Å². The Bertz CT molecular complexity index is 624. The van der Waals surface area contributed by atoms with Crippen molar-refractivity contribution in [1.82, 2.24) is 9.21 Å².